The van der Waals surface area contributed by atoms with E-state index in [4.69, 9.17) is 5.73 Å². The van der Waals surface area contributed by atoms with Crippen LogP contribution in [0.4, 0.5) is 0 Å². The topological polar surface area (TPSA) is 76.0 Å². The standard InChI is InChI=1S/C12H16N2O2S/c1-8(13)6-9-7-14-10-4-3-5-11(12(9)10)17(2,15)16/h3-5,7-8,14H,6,13H2,1-2H3. The smallest absolute Gasteiger partial charge is 0.176 e. The van der Waals surface area contributed by atoms with Crippen LogP contribution in [0.3, 0.4) is 0 Å². The fourth-order valence-corrected chi connectivity index (χ4v) is 2.97. The third-order valence-corrected chi connectivity index (χ3v) is 3.83. The second kappa shape index (κ2) is 4.16. The van der Waals surface area contributed by atoms with Crippen molar-refractivity contribution in [2.45, 2.75) is 24.3 Å². The summed E-state index contributed by atoms with van der Waals surface area (Å²) in [6.07, 6.45) is 3.72. The molecule has 0 spiro atoms. The molecule has 2 aromatic rings. The molecule has 0 saturated heterocycles. The van der Waals surface area contributed by atoms with Gasteiger partial charge in [0, 0.05) is 29.4 Å². The summed E-state index contributed by atoms with van der Waals surface area (Å²) in [4.78, 5) is 3.45. The van der Waals surface area contributed by atoms with Crippen molar-refractivity contribution < 1.29 is 8.42 Å². The second-order valence-electron chi connectivity index (χ2n) is 4.45. The second-order valence-corrected chi connectivity index (χ2v) is 6.43. The number of H-pyrrole nitrogens is 1. The molecule has 0 saturated carbocycles. The highest BCUT2D eigenvalue weighted by Gasteiger charge is 2.16. The molecule has 0 bridgehead atoms. The average Bonchev–Trinajstić information content (AvgIpc) is 2.59. The third-order valence-electron chi connectivity index (χ3n) is 2.69. The van der Waals surface area contributed by atoms with Crippen LogP contribution < -0.4 is 5.73 Å². The van der Waals surface area contributed by atoms with E-state index in [0.717, 1.165) is 16.5 Å². The Morgan fingerprint density at radius 1 is 1.41 bits per heavy atom. The summed E-state index contributed by atoms with van der Waals surface area (Å²) in [5.74, 6) is 0. The van der Waals surface area contributed by atoms with Crippen molar-refractivity contribution in [3.05, 3.63) is 30.0 Å². The van der Waals surface area contributed by atoms with Crippen LogP contribution in [0.2, 0.25) is 0 Å². The number of sulfone groups is 1. The lowest BCUT2D eigenvalue weighted by Gasteiger charge is -2.06. The van der Waals surface area contributed by atoms with Gasteiger partial charge in [-0.25, -0.2) is 8.42 Å². The van der Waals surface area contributed by atoms with E-state index in [0.29, 0.717) is 11.3 Å². The van der Waals surface area contributed by atoms with E-state index in [9.17, 15) is 8.42 Å². The van der Waals surface area contributed by atoms with Gasteiger partial charge in [-0.05, 0) is 31.0 Å². The summed E-state index contributed by atoms with van der Waals surface area (Å²) in [5, 5.41) is 0.771. The number of nitrogens with two attached hydrogens (primary N) is 1. The van der Waals surface area contributed by atoms with Crippen LogP contribution in [0.5, 0.6) is 0 Å². The first kappa shape index (κ1) is 12.1. The van der Waals surface area contributed by atoms with E-state index in [-0.39, 0.29) is 6.04 Å². The number of aromatic amines is 1. The summed E-state index contributed by atoms with van der Waals surface area (Å²) in [5.41, 5.74) is 7.56. The summed E-state index contributed by atoms with van der Waals surface area (Å²) in [7, 11) is -3.22. The molecule has 0 radical (unpaired) electrons. The largest absolute Gasteiger partial charge is 0.361 e. The maximum absolute atomic E-state index is 11.7. The predicted octanol–water partition coefficient (Wildman–Crippen LogP) is 1.46. The van der Waals surface area contributed by atoms with E-state index < -0.39 is 9.84 Å². The molecule has 17 heavy (non-hydrogen) atoms. The first-order chi connectivity index (χ1) is 7.89. The van der Waals surface area contributed by atoms with Gasteiger partial charge in [-0.1, -0.05) is 6.07 Å². The molecule has 0 aliphatic heterocycles. The number of fused-ring (bicyclic) bond motifs is 1. The number of aromatic nitrogens is 1. The van der Waals surface area contributed by atoms with Crippen LogP contribution in [0.1, 0.15) is 12.5 Å². The summed E-state index contributed by atoms with van der Waals surface area (Å²) in [6, 6.07) is 5.25. The lowest BCUT2D eigenvalue weighted by atomic mass is 10.1. The molecular weight excluding hydrogens is 236 g/mol. The first-order valence-corrected chi connectivity index (χ1v) is 7.33. The molecule has 1 atom stereocenters. The van der Waals surface area contributed by atoms with E-state index in [1.165, 1.54) is 6.26 Å². The Kier molecular flexibility index (Phi) is 2.97. The van der Waals surface area contributed by atoms with E-state index >= 15 is 0 Å². The van der Waals surface area contributed by atoms with Crippen LogP contribution >= 0.6 is 0 Å². The minimum Gasteiger partial charge on any atom is -0.361 e. The van der Waals surface area contributed by atoms with Gasteiger partial charge in [0.25, 0.3) is 0 Å². The quantitative estimate of drug-likeness (QED) is 0.868. The fraction of sp³-hybridized carbons (Fsp3) is 0.333. The van der Waals surface area contributed by atoms with Gasteiger partial charge in [-0.2, -0.15) is 0 Å². The van der Waals surface area contributed by atoms with Gasteiger partial charge in [0.15, 0.2) is 9.84 Å². The fourth-order valence-electron chi connectivity index (χ4n) is 2.04. The molecule has 2 rings (SSSR count). The van der Waals surface area contributed by atoms with Gasteiger partial charge in [0.2, 0.25) is 0 Å². The van der Waals surface area contributed by atoms with Gasteiger partial charge in [0.05, 0.1) is 4.90 Å². The molecule has 3 N–H and O–H groups in total. The molecule has 0 amide bonds. The highest BCUT2D eigenvalue weighted by atomic mass is 32.2. The number of nitrogens with one attached hydrogen (secondary N) is 1. The van der Waals surface area contributed by atoms with Crippen LogP contribution in [0.25, 0.3) is 10.9 Å². The Balaban J connectivity index is 2.72. The molecule has 5 heteroatoms. The maximum atomic E-state index is 11.7. The molecule has 1 unspecified atom stereocenters. The summed E-state index contributed by atoms with van der Waals surface area (Å²) < 4.78 is 23.5. The Hall–Kier alpha value is -1.33. The molecule has 1 heterocycles. The summed E-state index contributed by atoms with van der Waals surface area (Å²) in [6.45, 7) is 1.90. The first-order valence-electron chi connectivity index (χ1n) is 5.44. The van der Waals surface area contributed by atoms with E-state index in [1.54, 1.807) is 12.1 Å². The van der Waals surface area contributed by atoms with Gasteiger partial charge >= 0.3 is 0 Å². The zero-order valence-corrected chi connectivity index (χ0v) is 10.7. The molecule has 4 nitrogen and oxygen atoms in total. The zero-order chi connectivity index (χ0) is 12.6. The maximum Gasteiger partial charge on any atom is 0.176 e. The van der Waals surface area contributed by atoms with Crippen molar-refractivity contribution in [3.8, 4) is 0 Å². The zero-order valence-electron chi connectivity index (χ0n) is 9.90. The van der Waals surface area contributed by atoms with Crippen molar-refractivity contribution in [2.24, 2.45) is 5.73 Å². The van der Waals surface area contributed by atoms with Crippen LogP contribution in [-0.2, 0) is 16.3 Å². The van der Waals surface area contributed by atoms with Crippen LogP contribution in [0, 0.1) is 0 Å². The lowest BCUT2D eigenvalue weighted by Crippen LogP contribution is -2.17. The third kappa shape index (κ3) is 2.35. The number of rotatable bonds is 3. The predicted molar refractivity (Wildman–Crippen MR) is 68.8 cm³/mol. The highest BCUT2D eigenvalue weighted by molar-refractivity contribution is 7.91. The SMILES string of the molecule is CC(N)Cc1c[nH]c2cccc(S(C)(=O)=O)c12. The Morgan fingerprint density at radius 2 is 2.12 bits per heavy atom. The van der Waals surface area contributed by atoms with Gasteiger partial charge in [0.1, 0.15) is 0 Å². The normalized spacial score (nSPS) is 14.1. The number of benzene rings is 1. The number of hydrogen-bond donors (Lipinski definition) is 2. The van der Waals surface area contributed by atoms with Crippen LogP contribution in [-0.4, -0.2) is 25.7 Å². The molecular formula is C12H16N2O2S. The van der Waals surface area contributed by atoms with Crippen molar-refractivity contribution in [2.75, 3.05) is 6.26 Å². The molecule has 0 fully saturated rings. The van der Waals surface area contributed by atoms with Crippen molar-refractivity contribution in [1.82, 2.24) is 4.98 Å². The van der Waals surface area contributed by atoms with E-state index in [1.807, 2.05) is 19.2 Å². The minimum atomic E-state index is -3.22. The van der Waals surface area contributed by atoms with Crippen molar-refractivity contribution >= 4 is 20.7 Å². The van der Waals surface area contributed by atoms with Crippen LogP contribution in [0.15, 0.2) is 29.3 Å². The molecule has 92 valence electrons. The highest BCUT2D eigenvalue weighted by Crippen LogP contribution is 2.26. The van der Waals surface area contributed by atoms with Gasteiger partial charge in [-0.15, -0.1) is 0 Å². The molecule has 1 aromatic heterocycles. The van der Waals surface area contributed by atoms with Gasteiger partial charge in [-0.3, -0.25) is 0 Å². The molecule has 1 aromatic carbocycles. The Labute approximate surface area is 101 Å². The van der Waals surface area contributed by atoms with Crippen molar-refractivity contribution in [1.29, 1.82) is 0 Å². The number of hydrogen-bond acceptors (Lipinski definition) is 3. The van der Waals surface area contributed by atoms with Gasteiger partial charge < -0.3 is 10.7 Å². The Morgan fingerprint density at radius 3 is 2.71 bits per heavy atom. The average molecular weight is 252 g/mol. The Bertz CT molecular complexity index is 642. The molecule has 0 aliphatic carbocycles. The lowest BCUT2D eigenvalue weighted by molar-refractivity contribution is 0.602. The summed E-state index contributed by atoms with van der Waals surface area (Å²) >= 11 is 0. The van der Waals surface area contributed by atoms with E-state index in [2.05, 4.69) is 4.98 Å². The van der Waals surface area contributed by atoms with Crippen molar-refractivity contribution in [3.63, 3.8) is 0 Å². The minimum absolute atomic E-state index is 0.00150. The monoisotopic (exact) mass is 252 g/mol. The molecule has 0 aliphatic rings.